The standard InChI is InChI=1S/C12H21N3O2/c1-3-10-14-7-9-15(10)8-5-4-6-12(2,13)11(16)17/h7,9H,3-6,8,13H2,1-2H3,(H,16,17). The Morgan fingerprint density at radius 3 is 2.88 bits per heavy atom. The molecule has 1 rings (SSSR count). The molecule has 5 heteroatoms. The predicted octanol–water partition coefficient (Wildman–Crippen LogP) is 1.42. The van der Waals surface area contributed by atoms with E-state index in [-0.39, 0.29) is 0 Å². The lowest BCUT2D eigenvalue weighted by atomic mass is 9.96. The number of carboxylic acid groups (broad SMARTS) is 1. The second kappa shape index (κ2) is 5.82. The number of carbonyl (C=O) groups is 1. The van der Waals surface area contributed by atoms with E-state index in [1.807, 2.05) is 6.20 Å². The van der Waals surface area contributed by atoms with Crippen LogP contribution in [0.2, 0.25) is 0 Å². The minimum Gasteiger partial charge on any atom is -0.480 e. The third-order valence-electron chi connectivity index (χ3n) is 2.95. The van der Waals surface area contributed by atoms with Crippen LogP contribution in [-0.2, 0) is 17.8 Å². The highest BCUT2D eigenvalue weighted by molar-refractivity contribution is 5.77. The van der Waals surface area contributed by atoms with E-state index >= 15 is 0 Å². The van der Waals surface area contributed by atoms with Crippen molar-refractivity contribution >= 4 is 5.97 Å². The van der Waals surface area contributed by atoms with Gasteiger partial charge in [0.1, 0.15) is 11.4 Å². The average Bonchev–Trinajstić information content (AvgIpc) is 2.71. The molecule has 96 valence electrons. The van der Waals surface area contributed by atoms with Gasteiger partial charge in [-0.25, -0.2) is 4.98 Å². The van der Waals surface area contributed by atoms with E-state index in [4.69, 9.17) is 10.8 Å². The summed E-state index contributed by atoms with van der Waals surface area (Å²) in [5, 5.41) is 8.87. The lowest BCUT2D eigenvalue weighted by molar-refractivity contribution is -0.142. The first kappa shape index (κ1) is 13.7. The molecule has 0 spiro atoms. The van der Waals surface area contributed by atoms with Gasteiger partial charge in [-0.15, -0.1) is 0 Å². The third kappa shape index (κ3) is 3.85. The highest BCUT2D eigenvalue weighted by Crippen LogP contribution is 2.12. The van der Waals surface area contributed by atoms with E-state index in [0.29, 0.717) is 6.42 Å². The lowest BCUT2D eigenvalue weighted by Gasteiger charge is -2.18. The van der Waals surface area contributed by atoms with E-state index < -0.39 is 11.5 Å². The van der Waals surface area contributed by atoms with Crippen LogP contribution in [-0.4, -0.2) is 26.2 Å². The van der Waals surface area contributed by atoms with E-state index in [1.54, 1.807) is 13.1 Å². The summed E-state index contributed by atoms with van der Waals surface area (Å²) in [4.78, 5) is 15.0. The number of hydrogen-bond acceptors (Lipinski definition) is 3. The predicted molar refractivity (Wildman–Crippen MR) is 65.7 cm³/mol. The largest absolute Gasteiger partial charge is 0.480 e. The van der Waals surface area contributed by atoms with Crippen LogP contribution in [0.5, 0.6) is 0 Å². The topological polar surface area (TPSA) is 81.1 Å². The highest BCUT2D eigenvalue weighted by Gasteiger charge is 2.26. The van der Waals surface area contributed by atoms with Gasteiger partial charge in [-0.05, 0) is 26.2 Å². The van der Waals surface area contributed by atoms with E-state index in [9.17, 15) is 4.79 Å². The van der Waals surface area contributed by atoms with Crippen molar-refractivity contribution in [2.45, 2.75) is 51.6 Å². The van der Waals surface area contributed by atoms with Crippen molar-refractivity contribution in [3.8, 4) is 0 Å². The summed E-state index contributed by atoms with van der Waals surface area (Å²) in [6.07, 6.45) is 6.89. The van der Waals surface area contributed by atoms with Crippen LogP contribution in [0.15, 0.2) is 12.4 Å². The minimum absolute atomic E-state index is 0.499. The molecule has 0 fully saturated rings. The molecule has 0 aliphatic carbocycles. The van der Waals surface area contributed by atoms with Crippen molar-refractivity contribution in [1.82, 2.24) is 9.55 Å². The molecule has 1 aromatic heterocycles. The molecular formula is C12H21N3O2. The molecular weight excluding hydrogens is 218 g/mol. The summed E-state index contributed by atoms with van der Waals surface area (Å²) in [6.45, 7) is 4.50. The maximum absolute atomic E-state index is 10.8. The highest BCUT2D eigenvalue weighted by atomic mass is 16.4. The maximum atomic E-state index is 10.8. The third-order valence-corrected chi connectivity index (χ3v) is 2.95. The van der Waals surface area contributed by atoms with Crippen LogP contribution in [0.1, 0.15) is 38.9 Å². The van der Waals surface area contributed by atoms with Gasteiger partial charge in [-0.3, -0.25) is 4.79 Å². The van der Waals surface area contributed by atoms with Crippen molar-refractivity contribution in [2.24, 2.45) is 5.73 Å². The summed E-state index contributed by atoms with van der Waals surface area (Å²) in [6, 6.07) is 0. The summed E-state index contributed by atoms with van der Waals surface area (Å²) >= 11 is 0. The first-order valence-electron chi connectivity index (χ1n) is 5.99. The Morgan fingerprint density at radius 2 is 2.29 bits per heavy atom. The molecule has 3 N–H and O–H groups in total. The Hall–Kier alpha value is -1.36. The van der Waals surface area contributed by atoms with E-state index in [2.05, 4.69) is 16.5 Å². The molecule has 0 aliphatic rings. The number of aromatic nitrogens is 2. The second-order valence-corrected chi connectivity index (χ2v) is 4.57. The molecule has 1 atom stereocenters. The van der Waals surface area contributed by atoms with Gasteiger partial charge in [0, 0.05) is 25.4 Å². The molecule has 5 nitrogen and oxygen atoms in total. The zero-order valence-corrected chi connectivity index (χ0v) is 10.5. The normalized spacial score (nSPS) is 14.5. The SMILES string of the molecule is CCc1nccn1CCCCC(C)(N)C(=O)O. The number of aryl methyl sites for hydroxylation is 2. The quantitative estimate of drug-likeness (QED) is 0.705. The number of nitrogens with zero attached hydrogens (tertiary/aromatic N) is 2. The van der Waals surface area contributed by atoms with E-state index in [1.165, 1.54) is 0 Å². The lowest BCUT2D eigenvalue weighted by Crippen LogP contribution is -2.44. The zero-order valence-electron chi connectivity index (χ0n) is 10.5. The number of hydrogen-bond donors (Lipinski definition) is 2. The first-order valence-corrected chi connectivity index (χ1v) is 5.99. The van der Waals surface area contributed by atoms with Crippen LogP contribution in [0.25, 0.3) is 0 Å². The molecule has 0 saturated heterocycles. The molecule has 0 amide bonds. The van der Waals surface area contributed by atoms with Crippen molar-refractivity contribution in [3.63, 3.8) is 0 Å². The fraction of sp³-hybridized carbons (Fsp3) is 0.667. The minimum atomic E-state index is -1.11. The van der Waals surface area contributed by atoms with Gasteiger partial charge in [-0.2, -0.15) is 0 Å². The smallest absolute Gasteiger partial charge is 0.323 e. The summed E-state index contributed by atoms with van der Waals surface area (Å²) in [7, 11) is 0. The second-order valence-electron chi connectivity index (χ2n) is 4.57. The molecule has 1 heterocycles. The number of unbranched alkanes of at least 4 members (excludes halogenated alkanes) is 1. The summed E-state index contributed by atoms with van der Waals surface area (Å²) in [5.41, 5.74) is 4.55. The van der Waals surface area contributed by atoms with Gasteiger partial charge >= 0.3 is 5.97 Å². The fourth-order valence-corrected chi connectivity index (χ4v) is 1.74. The van der Waals surface area contributed by atoms with Crippen LogP contribution in [0.3, 0.4) is 0 Å². The molecule has 17 heavy (non-hydrogen) atoms. The molecule has 0 bridgehead atoms. The molecule has 0 aromatic carbocycles. The van der Waals surface area contributed by atoms with Crippen LogP contribution >= 0.6 is 0 Å². The van der Waals surface area contributed by atoms with Crippen LogP contribution in [0.4, 0.5) is 0 Å². The zero-order chi connectivity index (χ0) is 12.9. The molecule has 0 saturated carbocycles. The van der Waals surface area contributed by atoms with Crippen LogP contribution in [0, 0.1) is 0 Å². The molecule has 1 aromatic rings. The Bertz CT molecular complexity index is 372. The van der Waals surface area contributed by atoms with E-state index in [0.717, 1.165) is 31.6 Å². The van der Waals surface area contributed by atoms with Gasteiger partial charge in [-0.1, -0.05) is 6.92 Å². The Kier molecular flexibility index (Phi) is 4.69. The van der Waals surface area contributed by atoms with Gasteiger partial charge in [0.2, 0.25) is 0 Å². The fourth-order valence-electron chi connectivity index (χ4n) is 1.74. The van der Waals surface area contributed by atoms with Crippen molar-refractivity contribution < 1.29 is 9.90 Å². The Morgan fingerprint density at radius 1 is 1.59 bits per heavy atom. The molecule has 0 aliphatic heterocycles. The summed E-state index contributed by atoms with van der Waals surface area (Å²) in [5.74, 6) is 0.133. The van der Waals surface area contributed by atoms with Gasteiger partial charge in [0.15, 0.2) is 0 Å². The van der Waals surface area contributed by atoms with Crippen molar-refractivity contribution in [2.75, 3.05) is 0 Å². The summed E-state index contributed by atoms with van der Waals surface area (Å²) < 4.78 is 2.11. The van der Waals surface area contributed by atoms with Gasteiger partial charge < -0.3 is 15.4 Å². The number of aliphatic carboxylic acids is 1. The molecule has 1 unspecified atom stereocenters. The number of rotatable bonds is 7. The van der Waals surface area contributed by atoms with Gasteiger partial charge in [0.05, 0.1) is 0 Å². The number of nitrogens with two attached hydrogens (primary N) is 1. The Labute approximate surface area is 102 Å². The maximum Gasteiger partial charge on any atom is 0.323 e. The monoisotopic (exact) mass is 239 g/mol. The van der Waals surface area contributed by atoms with Crippen molar-refractivity contribution in [3.05, 3.63) is 18.2 Å². The average molecular weight is 239 g/mol. The molecule has 0 radical (unpaired) electrons. The van der Waals surface area contributed by atoms with Gasteiger partial charge in [0.25, 0.3) is 0 Å². The number of carboxylic acids is 1. The number of imidazole rings is 1. The Balaban J connectivity index is 2.32. The van der Waals surface area contributed by atoms with Crippen molar-refractivity contribution in [1.29, 1.82) is 0 Å². The van der Waals surface area contributed by atoms with Crippen LogP contribution < -0.4 is 5.73 Å². The first-order chi connectivity index (χ1) is 7.97.